The Morgan fingerprint density at radius 1 is 1.21 bits per heavy atom. The largest absolute Gasteiger partial charge is 0.415 e. The van der Waals surface area contributed by atoms with Gasteiger partial charge in [0.25, 0.3) is 5.22 Å². The first kappa shape index (κ1) is 18.5. The van der Waals surface area contributed by atoms with Crippen LogP contribution >= 0.6 is 23.4 Å². The van der Waals surface area contributed by atoms with Crippen LogP contribution in [-0.4, -0.2) is 21.9 Å². The highest BCUT2D eigenvalue weighted by Gasteiger charge is 2.54. The maximum Gasteiger partial charge on any atom is 0.277 e. The summed E-state index contributed by atoms with van der Waals surface area (Å²) in [6, 6.07) is 5.42. The number of aryl methyl sites for hydroxylation is 1. The summed E-state index contributed by atoms with van der Waals surface area (Å²) in [7, 11) is 0. The van der Waals surface area contributed by atoms with Crippen molar-refractivity contribution in [2.45, 2.75) is 56.1 Å². The number of rotatable bonds is 5. The topological polar surface area (TPSA) is 68.0 Å². The first-order chi connectivity index (χ1) is 13.5. The summed E-state index contributed by atoms with van der Waals surface area (Å²) in [5.74, 6) is 3.46. The van der Waals surface area contributed by atoms with Crippen LogP contribution in [0, 0.1) is 24.7 Å². The summed E-state index contributed by atoms with van der Waals surface area (Å²) in [6.45, 7) is 1.92. The van der Waals surface area contributed by atoms with Gasteiger partial charge in [0.1, 0.15) is 0 Å². The zero-order chi connectivity index (χ0) is 19.3. The lowest BCUT2D eigenvalue weighted by Crippen LogP contribution is -2.48. The number of halogens is 1. The van der Waals surface area contributed by atoms with Gasteiger partial charge in [-0.15, -0.1) is 10.2 Å². The molecule has 0 spiro atoms. The van der Waals surface area contributed by atoms with Crippen LogP contribution in [0.15, 0.2) is 27.8 Å². The van der Waals surface area contributed by atoms with Gasteiger partial charge in [-0.25, -0.2) is 0 Å². The third-order valence-electron chi connectivity index (χ3n) is 6.69. The Bertz CT molecular complexity index is 878. The molecule has 0 unspecified atom stereocenters. The highest BCUT2D eigenvalue weighted by Crippen LogP contribution is 2.60. The maximum absolute atomic E-state index is 12.3. The summed E-state index contributed by atoms with van der Waals surface area (Å²) in [5.41, 5.74) is 1.81. The van der Waals surface area contributed by atoms with Gasteiger partial charge in [0.15, 0.2) is 0 Å². The molecule has 1 amide bonds. The minimum atomic E-state index is -0.0926. The van der Waals surface area contributed by atoms with E-state index in [0.717, 1.165) is 34.9 Å². The third kappa shape index (κ3) is 3.45. The predicted octanol–water partition coefficient (Wildman–Crippen LogP) is 5.23. The molecule has 5 nitrogen and oxygen atoms in total. The number of carbonyl (C=O) groups excluding carboxylic acids is 1. The molecule has 7 heteroatoms. The molecule has 4 fully saturated rings. The van der Waals surface area contributed by atoms with Crippen molar-refractivity contribution >= 4 is 35.0 Å². The molecule has 28 heavy (non-hydrogen) atoms. The molecule has 1 aromatic carbocycles. The number of hydrogen-bond acceptors (Lipinski definition) is 5. The van der Waals surface area contributed by atoms with Gasteiger partial charge in [-0.3, -0.25) is 4.79 Å². The molecule has 4 aliphatic carbocycles. The molecule has 1 heterocycles. The van der Waals surface area contributed by atoms with Crippen LogP contribution in [0.5, 0.6) is 0 Å². The Hall–Kier alpha value is -1.53. The monoisotopic (exact) mass is 417 g/mol. The van der Waals surface area contributed by atoms with E-state index in [2.05, 4.69) is 15.5 Å². The minimum absolute atomic E-state index is 0.0926. The normalized spacial score (nSPS) is 30.6. The van der Waals surface area contributed by atoms with Gasteiger partial charge < -0.3 is 9.73 Å². The lowest BCUT2D eigenvalue weighted by Gasteiger charge is -2.55. The molecule has 0 aliphatic heterocycles. The molecule has 1 N–H and O–H groups in total. The first-order valence-corrected chi connectivity index (χ1v) is 11.4. The number of hydrogen-bond donors (Lipinski definition) is 1. The Morgan fingerprint density at radius 3 is 2.54 bits per heavy atom. The van der Waals surface area contributed by atoms with E-state index in [1.807, 2.05) is 19.1 Å². The highest BCUT2D eigenvalue weighted by molar-refractivity contribution is 7.99. The highest BCUT2D eigenvalue weighted by atomic mass is 35.5. The first-order valence-electron chi connectivity index (χ1n) is 10.0. The standard InChI is InChI=1S/C21H24ClN3O2S/c1-12-4-16(22)2-3-17(12)23-18(26)11-28-20-25-24-19(27-20)21-8-13-5-14(9-21)7-15(6-13)10-21/h2-4,13-15H,5-11H2,1H3,(H,23,26). The minimum Gasteiger partial charge on any atom is -0.415 e. The van der Waals surface area contributed by atoms with Crippen molar-refractivity contribution < 1.29 is 9.21 Å². The summed E-state index contributed by atoms with van der Waals surface area (Å²) in [5, 5.41) is 12.7. The molecule has 4 saturated carbocycles. The Morgan fingerprint density at radius 2 is 1.89 bits per heavy atom. The van der Waals surface area contributed by atoms with Crippen molar-refractivity contribution in [3.05, 3.63) is 34.7 Å². The number of anilines is 1. The smallest absolute Gasteiger partial charge is 0.277 e. The third-order valence-corrected chi connectivity index (χ3v) is 7.74. The van der Waals surface area contributed by atoms with Gasteiger partial charge in [-0.05, 0) is 87.0 Å². The van der Waals surface area contributed by atoms with E-state index in [1.165, 1.54) is 50.3 Å². The van der Waals surface area contributed by atoms with Crippen LogP contribution in [0.3, 0.4) is 0 Å². The predicted molar refractivity (Wildman–Crippen MR) is 110 cm³/mol. The van der Waals surface area contributed by atoms with Crippen LogP contribution in [0.1, 0.15) is 50.0 Å². The molecule has 148 valence electrons. The van der Waals surface area contributed by atoms with Crippen LogP contribution in [0.25, 0.3) is 0 Å². The van der Waals surface area contributed by atoms with Crippen molar-refractivity contribution in [2.24, 2.45) is 17.8 Å². The fraction of sp³-hybridized carbons (Fsp3) is 0.571. The lowest BCUT2D eigenvalue weighted by atomic mass is 9.49. The Kier molecular flexibility index (Phi) is 4.67. The molecule has 0 saturated heterocycles. The molecule has 0 radical (unpaired) electrons. The maximum atomic E-state index is 12.3. The molecule has 4 bridgehead atoms. The SMILES string of the molecule is Cc1cc(Cl)ccc1NC(=O)CSc1nnc(C23CC4CC(CC(C4)C2)C3)o1. The number of benzene rings is 1. The van der Waals surface area contributed by atoms with Crippen LogP contribution in [-0.2, 0) is 10.2 Å². The second kappa shape index (κ2) is 7.06. The van der Waals surface area contributed by atoms with Crippen LogP contribution < -0.4 is 5.32 Å². The molecule has 4 aliphatic rings. The second-order valence-electron chi connectivity index (χ2n) is 8.87. The van der Waals surface area contributed by atoms with Gasteiger partial charge in [-0.1, -0.05) is 23.4 Å². The van der Waals surface area contributed by atoms with E-state index in [-0.39, 0.29) is 17.1 Å². The van der Waals surface area contributed by atoms with E-state index in [1.54, 1.807) is 6.07 Å². The van der Waals surface area contributed by atoms with E-state index in [9.17, 15) is 4.79 Å². The number of thioether (sulfide) groups is 1. The van der Waals surface area contributed by atoms with Crippen molar-refractivity contribution in [3.63, 3.8) is 0 Å². The fourth-order valence-electron chi connectivity index (χ4n) is 5.94. The van der Waals surface area contributed by atoms with Crippen LogP contribution in [0.4, 0.5) is 5.69 Å². The lowest BCUT2D eigenvalue weighted by molar-refractivity contribution is -0.113. The number of nitrogens with zero attached hydrogens (tertiary/aromatic N) is 2. The van der Waals surface area contributed by atoms with Crippen molar-refractivity contribution in [1.29, 1.82) is 0 Å². The Labute approximate surface area is 174 Å². The fourth-order valence-corrected chi connectivity index (χ4v) is 6.73. The van der Waals surface area contributed by atoms with Crippen LogP contribution in [0.2, 0.25) is 5.02 Å². The number of amides is 1. The molecule has 0 atom stereocenters. The van der Waals surface area contributed by atoms with E-state index < -0.39 is 0 Å². The van der Waals surface area contributed by atoms with Gasteiger partial charge in [0.2, 0.25) is 11.8 Å². The summed E-state index contributed by atoms with van der Waals surface area (Å²) < 4.78 is 6.05. The van der Waals surface area contributed by atoms with E-state index in [0.29, 0.717) is 10.2 Å². The molecular weight excluding hydrogens is 394 g/mol. The zero-order valence-electron chi connectivity index (χ0n) is 15.9. The summed E-state index contributed by atoms with van der Waals surface area (Å²) in [4.78, 5) is 12.3. The average molecular weight is 418 g/mol. The number of carbonyl (C=O) groups is 1. The molecule has 2 aromatic rings. The molecule has 6 rings (SSSR count). The van der Waals surface area contributed by atoms with Gasteiger partial charge in [-0.2, -0.15) is 0 Å². The summed E-state index contributed by atoms with van der Waals surface area (Å²) in [6.07, 6.45) is 7.75. The van der Waals surface area contributed by atoms with Gasteiger partial charge >= 0.3 is 0 Å². The van der Waals surface area contributed by atoms with Crippen molar-refractivity contribution in [3.8, 4) is 0 Å². The number of aromatic nitrogens is 2. The Balaban J connectivity index is 1.22. The summed E-state index contributed by atoms with van der Waals surface area (Å²) >= 11 is 7.27. The second-order valence-corrected chi connectivity index (χ2v) is 10.2. The molecule has 1 aromatic heterocycles. The van der Waals surface area contributed by atoms with E-state index in [4.69, 9.17) is 16.0 Å². The quantitative estimate of drug-likeness (QED) is 0.674. The number of nitrogens with one attached hydrogen (secondary N) is 1. The van der Waals surface area contributed by atoms with Gasteiger partial charge in [0, 0.05) is 16.1 Å². The zero-order valence-corrected chi connectivity index (χ0v) is 17.5. The van der Waals surface area contributed by atoms with Crippen molar-refractivity contribution in [1.82, 2.24) is 10.2 Å². The average Bonchev–Trinajstić information content (AvgIpc) is 3.11. The van der Waals surface area contributed by atoms with E-state index >= 15 is 0 Å². The van der Waals surface area contributed by atoms with Gasteiger partial charge in [0.05, 0.1) is 5.75 Å². The molecular formula is C21H24ClN3O2S. The van der Waals surface area contributed by atoms with Crippen molar-refractivity contribution in [2.75, 3.05) is 11.1 Å².